The summed E-state index contributed by atoms with van der Waals surface area (Å²) in [6.45, 7) is 1.22. The molecule has 204 valence electrons. The first-order chi connectivity index (χ1) is 18.1. The third-order valence-corrected chi connectivity index (χ3v) is 8.80. The van der Waals surface area contributed by atoms with E-state index in [1.54, 1.807) is 6.07 Å². The highest BCUT2D eigenvalue weighted by molar-refractivity contribution is 7.93. The number of guanidine groups is 1. The smallest absolute Gasteiger partial charge is 0.341 e. The highest BCUT2D eigenvalue weighted by Crippen LogP contribution is 2.27. The first-order valence-corrected chi connectivity index (χ1v) is 13.8. The van der Waals surface area contributed by atoms with Gasteiger partial charge in [0.05, 0.1) is 17.1 Å². The van der Waals surface area contributed by atoms with E-state index < -0.39 is 38.9 Å². The lowest BCUT2D eigenvalue weighted by atomic mass is 10.1. The Morgan fingerprint density at radius 2 is 1.95 bits per heavy atom. The molecule has 1 saturated heterocycles. The number of rotatable bonds is 8. The van der Waals surface area contributed by atoms with Crippen LogP contribution in [-0.4, -0.2) is 68.6 Å². The first-order valence-electron chi connectivity index (χ1n) is 12.3. The minimum Gasteiger partial charge on any atom is -0.479 e. The van der Waals surface area contributed by atoms with E-state index in [2.05, 4.69) is 20.9 Å². The zero-order chi connectivity index (χ0) is 27.3. The molecule has 2 aromatic rings. The van der Waals surface area contributed by atoms with Crippen LogP contribution in [0.5, 0.6) is 0 Å². The van der Waals surface area contributed by atoms with Crippen LogP contribution in [0.2, 0.25) is 0 Å². The van der Waals surface area contributed by atoms with Gasteiger partial charge in [0.2, 0.25) is 14.7 Å². The van der Waals surface area contributed by atoms with Crippen LogP contribution in [0, 0.1) is 5.82 Å². The summed E-state index contributed by atoms with van der Waals surface area (Å²) in [6, 6.07) is 10.8. The van der Waals surface area contributed by atoms with Crippen molar-refractivity contribution in [3.05, 3.63) is 59.9 Å². The maximum Gasteiger partial charge on any atom is 0.341 e. The van der Waals surface area contributed by atoms with Crippen molar-refractivity contribution < 1.29 is 27.5 Å². The molecule has 2 aliphatic heterocycles. The normalized spacial score (nSPS) is 19.5. The molecular formula is C25H31FN6O5S. The second-order valence-corrected chi connectivity index (χ2v) is 11.4. The van der Waals surface area contributed by atoms with Crippen LogP contribution in [0.4, 0.5) is 10.1 Å². The molecule has 0 saturated carbocycles. The first kappa shape index (κ1) is 27.3. The average molecular weight is 547 g/mol. The summed E-state index contributed by atoms with van der Waals surface area (Å²) >= 11 is 0. The van der Waals surface area contributed by atoms with Crippen molar-refractivity contribution in [3.8, 4) is 0 Å². The van der Waals surface area contributed by atoms with Gasteiger partial charge in [0, 0.05) is 25.2 Å². The van der Waals surface area contributed by atoms with Crippen LogP contribution in [0.15, 0.2) is 58.4 Å². The number of hydrogen-bond donors (Lipinski definition) is 5. The number of carboxylic acid groups (broad SMARTS) is 1. The molecule has 0 aliphatic carbocycles. The predicted octanol–water partition coefficient (Wildman–Crippen LogP) is 1.02. The van der Waals surface area contributed by atoms with Gasteiger partial charge in [-0.1, -0.05) is 18.2 Å². The molecule has 13 heteroatoms. The van der Waals surface area contributed by atoms with Crippen molar-refractivity contribution in [1.82, 2.24) is 16.0 Å². The van der Waals surface area contributed by atoms with Gasteiger partial charge in [0.15, 0.2) is 5.96 Å². The number of nitrogens with zero attached hydrogens (tertiary/aromatic N) is 2. The topological polar surface area (TPSA) is 166 Å². The summed E-state index contributed by atoms with van der Waals surface area (Å²) in [5.74, 6) is -2.65. The van der Waals surface area contributed by atoms with Crippen molar-refractivity contribution in [2.24, 2.45) is 10.7 Å². The second kappa shape index (κ2) is 11.4. The molecule has 1 amide bonds. The summed E-state index contributed by atoms with van der Waals surface area (Å²) in [5.41, 5.74) is 6.02. The van der Waals surface area contributed by atoms with Crippen molar-refractivity contribution >= 4 is 33.4 Å². The predicted molar refractivity (Wildman–Crippen MR) is 140 cm³/mol. The van der Waals surface area contributed by atoms with E-state index in [9.17, 15) is 23.1 Å². The van der Waals surface area contributed by atoms with Gasteiger partial charge in [-0.15, -0.1) is 0 Å². The molecular weight excluding hydrogens is 515 g/mol. The summed E-state index contributed by atoms with van der Waals surface area (Å²) in [4.78, 5) is 27.9. The number of aliphatic imine (C=N–C) groups is 1. The van der Waals surface area contributed by atoms with Crippen molar-refractivity contribution in [2.45, 2.75) is 41.6 Å². The van der Waals surface area contributed by atoms with E-state index >= 15 is 4.39 Å². The van der Waals surface area contributed by atoms with Gasteiger partial charge in [-0.3, -0.25) is 9.79 Å². The molecule has 2 heterocycles. The molecule has 4 rings (SSSR count). The molecule has 11 nitrogen and oxygen atoms in total. The minimum absolute atomic E-state index is 0.101. The highest BCUT2D eigenvalue weighted by atomic mass is 32.2. The van der Waals surface area contributed by atoms with E-state index in [4.69, 9.17) is 5.73 Å². The molecule has 0 radical (unpaired) electrons. The van der Waals surface area contributed by atoms with Gasteiger partial charge in [-0.2, -0.15) is 0 Å². The fourth-order valence-corrected chi connectivity index (χ4v) is 5.88. The van der Waals surface area contributed by atoms with Crippen LogP contribution < -0.4 is 26.6 Å². The molecule has 2 atom stereocenters. The van der Waals surface area contributed by atoms with E-state index in [0.717, 1.165) is 44.8 Å². The Kier molecular flexibility index (Phi) is 8.17. The molecule has 38 heavy (non-hydrogen) atoms. The number of benzene rings is 2. The largest absolute Gasteiger partial charge is 0.479 e. The van der Waals surface area contributed by atoms with Crippen LogP contribution in [0.1, 0.15) is 36.0 Å². The second-order valence-electron chi connectivity index (χ2n) is 9.22. The molecule has 0 bridgehead atoms. The van der Waals surface area contributed by atoms with Crippen molar-refractivity contribution in [3.63, 3.8) is 0 Å². The maximum atomic E-state index is 15.2. The van der Waals surface area contributed by atoms with Gasteiger partial charge in [-0.25, -0.2) is 17.6 Å². The number of carbonyl (C=O) groups excluding carboxylic acids is 1. The Bertz CT molecular complexity index is 1320. The number of nitrogens with two attached hydrogens (primary N) is 1. The number of hydrogen-bond acceptors (Lipinski definition) is 9. The van der Waals surface area contributed by atoms with Gasteiger partial charge in [-0.05, 0) is 56.0 Å². The van der Waals surface area contributed by atoms with Gasteiger partial charge in [0.1, 0.15) is 12.0 Å². The zero-order valence-electron chi connectivity index (χ0n) is 20.7. The fourth-order valence-electron chi connectivity index (χ4n) is 4.45. The Balaban J connectivity index is 1.49. The highest BCUT2D eigenvalue weighted by Gasteiger charge is 2.49. The summed E-state index contributed by atoms with van der Waals surface area (Å²) in [7, 11) is -4.56. The van der Waals surface area contributed by atoms with E-state index in [1.165, 1.54) is 36.4 Å². The molecule has 2 aromatic carbocycles. The van der Waals surface area contributed by atoms with E-state index in [1.807, 2.05) is 4.90 Å². The van der Waals surface area contributed by atoms with Gasteiger partial charge < -0.3 is 31.7 Å². The number of amides is 1. The number of halogens is 1. The van der Waals surface area contributed by atoms with Crippen LogP contribution in [-0.2, 0) is 14.6 Å². The number of aliphatic carboxylic acids is 1. The summed E-state index contributed by atoms with van der Waals surface area (Å²) < 4.78 is 41.2. The number of carbonyl (C=O) groups is 2. The average Bonchev–Trinajstić information content (AvgIpc) is 2.92. The Labute approximate surface area is 220 Å². The molecule has 6 N–H and O–H groups in total. The molecule has 2 aliphatic rings. The molecule has 0 aromatic heterocycles. The van der Waals surface area contributed by atoms with Crippen molar-refractivity contribution in [2.75, 3.05) is 31.1 Å². The molecule has 1 fully saturated rings. The summed E-state index contributed by atoms with van der Waals surface area (Å²) in [6.07, 6.45) is 3.40. The zero-order valence-corrected chi connectivity index (χ0v) is 21.5. The SMILES string of the molecule is N[C@](CNC(=O)c1ccc(N2CCCCC2NC2=NCCCN2)c(F)c1)(C(=O)O)S(=O)(=O)c1ccccc1. The third-order valence-electron chi connectivity index (χ3n) is 6.63. The van der Waals surface area contributed by atoms with E-state index in [-0.39, 0.29) is 16.6 Å². The van der Waals surface area contributed by atoms with Gasteiger partial charge >= 0.3 is 5.97 Å². The number of piperidine rings is 1. The molecule has 1 unspecified atom stereocenters. The Morgan fingerprint density at radius 3 is 2.61 bits per heavy atom. The monoisotopic (exact) mass is 546 g/mol. The van der Waals surface area contributed by atoms with Crippen molar-refractivity contribution in [1.29, 1.82) is 0 Å². The third kappa shape index (κ3) is 5.58. The maximum absolute atomic E-state index is 15.2. The fraction of sp³-hybridized carbons (Fsp3) is 0.400. The number of anilines is 1. The van der Waals surface area contributed by atoms with Crippen LogP contribution in [0.3, 0.4) is 0 Å². The lowest BCUT2D eigenvalue weighted by molar-refractivity contribution is -0.139. The Morgan fingerprint density at radius 1 is 1.18 bits per heavy atom. The Hall–Kier alpha value is -3.71. The number of nitrogens with one attached hydrogen (secondary N) is 3. The van der Waals surface area contributed by atoms with Crippen LogP contribution in [0.25, 0.3) is 0 Å². The summed E-state index contributed by atoms with van der Waals surface area (Å²) in [5, 5.41) is 18.4. The number of sulfone groups is 1. The van der Waals surface area contributed by atoms with E-state index in [0.29, 0.717) is 18.2 Å². The lowest BCUT2D eigenvalue weighted by Gasteiger charge is -2.39. The molecule has 0 spiro atoms. The lowest BCUT2D eigenvalue weighted by Crippen LogP contribution is -2.61. The standard InChI is InChI=1S/C25H31FN6O5S/c26-19-15-17(10-11-20(19)32-14-5-4-9-21(32)31-24-28-12-6-13-29-24)22(33)30-16-25(27,23(34)35)38(36,37)18-7-2-1-3-8-18/h1-3,7-8,10-11,15,21H,4-6,9,12-14,16,27H2,(H,30,33)(H,34,35)(H2,28,29,31)/t21?,25-/m0/s1. The quantitative estimate of drug-likeness (QED) is 0.325. The minimum atomic E-state index is -4.56. The number of carboxylic acids is 1. The van der Waals surface area contributed by atoms with Crippen LogP contribution >= 0.6 is 0 Å². The van der Waals surface area contributed by atoms with Gasteiger partial charge in [0.25, 0.3) is 5.91 Å².